The Labute approximate surface area is 127 Å². The second-order valence-corrected chi connectivity index (χ2v) is 5.69. The third kappa shape index (κ3) is 3.54. The molecule has 1 aliphatic carbocycles. The van der Waals surface area contributed by atoms with E-state index in [1.165, 1.54) is 29.8 Å². The van der Waals surface area contributed by atoms with Crippen LogP contribution in [0.2, 0.25) is 0 Å². The first-order valence-corrected chi connectivity index (χ1v) is 7.82. The third-order valence-electron chi connectivity index (χ3n) is 4.10. The molecule has 2 aromatic rings. The van der Waals surface area contributed by atoms with Crippen molar-refractivity contribution in [2.24, 2.45) is 0 Å². The highest BCUT2D eigenvalue weighted by Gasteiger charge is 2.12. The van der Waals surface area contributed by atoms with E-state index >= 15 is 0 Å². The van der Waals surface area contributed by atoms with Crippen molar-refractivity contribution >= 4 is 11.5 Å². The Kier molecular flexibility index (Phi) is 4.39. The van der Waals surface area contributed by atoms with Crippen LogP contribution in [0.5, 0.6) is 0 Å². The predicted molar refractivity (Wildman–Crippen MR) is 89.1 cm³/mol. The van der Waals surface area contributed by atoms with Crippen molar-refractivity contribution in [2.75, 3.05) is 30.4 Å². The molecule has 3 nitrogen and oxygen atoms in total. The molecule has 0 atom stereocenters. The van der Waals surface area contributed by atoms with Crippen molar-refractivity contribution < 1.29 is 0 Å². The lowest BCUT2D eigenvalue weighted by Gasteiger charge is -2.19. The quantitative estimate of drug-likeness (QED) is 0.821. The largest absolute Gasteiger partial charge is 0.375 e. The van der Waals surface area contributed by atoms with Gasteiger partial charge in [0, 0.05) is 31.5 Å². The molecule has 0 fully saturated rings. The van der Waals surface area contributed by atoms with Crippen LogP contribution in [0.3, 0.4) is 0 Å². The Bertz CT molecular complexity index is 580. The molecule has 1 aliphatic rings. The van der Waals surface area contributed by atoms with Crippen LogP contribution in [-0.4, -0.2) is 25.1 Å². The third-order valence-corrected chi connectivity index (χ3v) is 4.10. The number of nitrogens with one attached hydrogen (secondary N) is 1. The summed E-state index contributed by atoms with van der Waals surface area (Å²) in [5, 5.41) is 3.44. The highest BCUT2D eigenvalue weighted by molar-refractivity contribution is 5.45. The van der Waals surface area contributed by atoms with E-state index in [-0.39, 0.29) is 0 Å². The molecule has 0 spiro atoms. The lowest BCUT2D eigenvalue weighted by molar-refractivity contribution is 0.813. The monoisotopic (exact) mass is 281 g/mol. The normalized spacial score (nSPS) is 13.0. The molecule has 0 bridgehead atoms. The number of hydrogen-bond acceptors (Lipinski definition) is 3. The molecule has 1 N–H and O–H groups in total. The Hall–Kier alpha value is -2.03. The summed E-state index contributed by atoms with van der Waals surface area (Å²) in [5.41, 5.74) is 4.00. The number of fused-ring (bicyclic) bond motifs is 1. The van der Waals surface area contributed by atoms with Gasteiger partial charge in [-0.1, -0.05) is 24.3 Å². The summed E-state index contributed by atoms with van der Waals surface area (Å²) in [7, 11) is 2.14. The van der Waals surface area contributed by atoms with Crippen molar-refractivity contribution in [1.29, 1.82) is 0 Å². The summed E-state index contributed by atoms with van der Waals surface area (Å²) < 4.78 is 0. The maximum absolute atomic E-state index is 4.70. The molecular weight excluding hydrogens is 258 g/mol. The van der Waals surface area contributed by atoms with E-state index in [1.54, 1.807) is 0 Å². The number of pyridine rings is 1. The topological polar surface area (TPSA) is 28.2 Å². The standard InChI is InChI=1S/C18H23N3/c1-21(16-8-3-2-4-9-16)14-6-13-19-18-12-11-15-7-5-10-17(15)20-18/h2-4,8-9,11-12H,5-7,10,13-14H2,1H3,(H,19,20). The molecule has 0 radical (unpaired) electrons. The van der Waals surface area contributed by atoms with Crippen LogP contribution in [-0.2, 0) is 12.8 Å². The molecule has 21 heavy (non-hydrogen) atoms. The summed E-state index contributed by atoms with van der Waals surface area (Å²) in [4.78, 5) is 6.99. The summed E-state index contributed by atoms with van der Waals surface area (Å²) in [6.45, 7) is 2.00. The molecule has 0 amide bonds. The summed E-state index contributed by atoms with van der Waals surface area (Å²) in [6.07, 6.45) is 4.70. The molecule has 3 heteroatoms. The molecule has 0 saturated heterocycles. The van der Waals surface area contributed by atoms with Crippen molar-refractivity contribution in [3.8, 4) is 0 Å². The summed E-state index contributed by atoms with van der Waals surface area (Å²) >= 11 is 0. The fourth-order valence-corrected chi connectivity index (χ4v) is 2.86. The number of benzene rings is 1. The highest BCUT2D eigenvalue weighted by Crippen LogP contribution is 2.21. The number of aryl methyl sites for hydroxylation is 2. The van der Waals surface area contributed by atoms with E-state index < -0.39 is 0 Å². The minimum atomic E-state index is 0.961. The van der Waals surface area contributed by atoms with E-state index in [1.807, 2.05) is 0 Å². The van der Waals surface area contributed by atoms with Crippen molar-refractivity contribution in [2.45, 2.75) is 25.7 Å². The number of aromatic nitrogens is 1. The van der Waals surface area contributed by atoms with Crippen LogP contribution < -0.4 is 10.2 Å². The second kappa shape index (κ2) is 6.61. The van der Waals surface area contributed by atoms with Crippen LogP contribution in [0.15, 0.2) is 42.5 Å². The SMILES string of the molecule is CN(CCCNc1ccc2c(n1)CCC2)c1ccccc1. The lowest BCUT2D eigenvalue weighted by atomic mass is 10.2. The minimum absolute atomic E-state index is 0.961. The van der Waals surface area contributed by atoms with E-state index in [2.05, 4.69) is 59.7 Å². The van der Waals surface area contributed by atoms with Gasteiger partial charge in [-0.05, 0) is 49.4 Å². The molecule has 0 saturated carbocycles. The molecule has 110 valence electrons. The van der Waals surface area contributed by atoms with Crippen LogP contribution in [0.25, 0.3) is 0 Å². The van der Waals surface area contributed by atoms with Gasteiger partial charge in [0.2, 0.25) is 0 Å². The van der Waals surface area contributed by atoms with Gasteiger partial charge in [0.15, 0.2) is 0 Å². The van der Waals surface area contributed by atoms with Gasteiger partial charge in [0.25, 0.3) is 0 Å². The fourth-order valence-electron chi connectivity index (χ4n) is 2.86. The van der Waals surface area contributed by atoms with E-state index in [0.717, 1.165) is 31.7 Å². The molecule has 1 aromatic heterocycles. The highest BCUT2D eigenvalue weighted by atomic mass is 15.1. The maximum Gasteiger partial charge on any atom is 0.126 e. The van der Waals surface area contributed by atoms with Crippen molar-refractivity contribution in [3.05, 3.63) is 53.7 Å². The van der Waals surface area contributed by atoms with Crippen LogP contribution in [0.1, 0.15) is 24.1 Å². The fraction of sp³-hybridized carbons (Fsp3) is 0.389. The molecule has 3 rings (SSSR count). The first-order valence-electron chi connectivity index (χ1n) is 7.82. The maximum atomic E-state index is 4.70. The Morgan fingerprint density at radius 3 is 2.81 bits per heavy atom. The van der Waals surface area contributed by atoms with Gasteiger partial charge in [-0.2, -0.15) is 0 Å². The Morgan fingerprint density at radius 1 is 1.10 bits per heavy atom. The average Bonchev–Trinajstić information content (AvgIpc) is 3.00. The van der Waals surface area contributed by atoms with Crippen molar-refractivity contribution in [3.63, 3.8) is 0 Å². The number of nitrogens with zero attached hydrogens (tertiary/aromatic N) is 2. The molecule has 0 unspecified atom stereocenters. The van der Waals surface area contributed by atoms with E-state index in [4.69, 9.17) is 4.98 Å². The van der Waals surface area contributed by atoms with Gasteiger partial charge in [0.05, 0.1) is 0 Å². The molecule has 0 aliphatic heterocycles. The van der Waals surface area contributed by atoms with E-state index in [9.17, 15) is 0 Å². The van der Waals surface area contributed by atoms with Crippen LogP contribution >= 0.6 is 0 Å². The van der Waals surface area contributed by atoms with Crippen LogP contribution in [0.4, 0.5) is 11.5 Å². The lowest BCUT2D eigenvalue weighted by Crippen LogP contribution is -2.20. The zero-order chi connectivity index (χ0) is 14.5. The number of anilines is 2. The second-order valence-electron chi connectivity index (χ2n) is 5.69. The first-order chi connectivity index (χ1) is 10.3. The van der Waals surface area contributed by atoms with Gasteiger partial charge in [0.1, 0.15) is 5.82 Å². The Balaban J connectivity index is 1.44. The zero-order valence-electron chi connectivity index (χ0n) is 12.7. The smallest absolute Gasteiger partial charge is 0.126 e. The average molecular weight is 281 g/mol. The minimum Gasteiger partial charge on any atom is -0.375 e. The molecule has 1 heterocycles. The van der Waals surface area contributed by atoms with Gasteiger partial charge in [-0.15, -0.1) is 0 Å². The van der Waals surface area contributed by atoms with E-state index in [0.29, 0.717) is 0 Å². The van der Waals surface area contributed by atoms with Crippen molar-refractivity contribution in [1.82, 2.24) is 4.98 Å². The summed E-state index contributed by atoms with van der Waals surface area (Å²) in [6, 6.07) is 14.9. The number of hydrogen-bond donors (Lipinski definition) is 1. The molecule has 1 aromatic carbocycles. The van der Waals surface area contributed by atoms with Gasteiger partial charge in [-0.3, -0.25) is 0 Å². The first kappa shape index (κ1) is 13.9. The predicted octanol–water partition coefficient (Wildman–Crippen LogP) is 3.51. The Morgan fingerprint density at radius 2 is 1.95 bits per heavy atom. The van der Waals surface area contributed by atoms with Gasteiger partial charge in [-0.25, -0.2) is 4.98 Å². The summed E-state index contributed by atoms with van der Waals surface area (Å²) in [5.74, 6) is 1.03. The van der Waals surface area contributed by atoms with Crippen LogP contribution in [0, 0.1) is 0 Å². The van der Waals surface area contributed by atoms with Gasteiger partial charge < -0.3 is 10.2 Å². The number of para-hydroxylation sites is 1. The van der Waals surface area contributed by atoms with Gasteiger partial charge >= 0.3 is 0 Å². The number of rotatable bonds is 6. The zero-order valence-corrected chi connectivity index (χ0v) is 12.7. The molecular formula is C18H23N3.